The summed E-state index contributed by atoms with van der Waals surface area (Å²) in [5.74, 6) is 0.0471. The number of fused-ring (bicyclic) bond motifs is 1. The van der Waals surface area contributed by atoms with Crippen LogP contribution >= 0.6 is 11.6 Å². The third-order valence-electron chi connectivity index (χ3n) is 3.35. The van der Waals surface area contributed by atoms with E-state index in [1.54, 1.807) is 12.1 Å². The molecule has 0 fully saturated rings. The Morgan fingerprint density at radius 2 is 1.55 bits per heavy atom. The van der Waals surface area contributed by atoms with Crippen molar-refractivity contribution in [3.63, 3.8) is 0 Å². The molecule has 0 spiro atoms. The number of benzene rings is 3. The van der Waals surface area contributed by atoms with Crippen LogP contribution in [0.2, 0.25) is 5.02 Å². The van der Waals surface area contributed by atoms with Crippen LogP contribution in [0.4, 0.5) is 0 Å². The maximum atomic E-state index is 12.3. The van der Waals surface area contributed by atoms with Crippen LogP contribution in [0.3, 0.4) is 0 Å². The van der Waals surface area contributed by atoms with Crippen LogP contribution < -0.4 is 0 Å². The summed E-state index contributed by atoms with van der Waals surface area (Å²) in [6.45, 7) is 0. The molecular formula is C18H13ClO. The number of halogens is 1. The summed E-state index contributed by atoms with van der Waals surface area (Å²) >= 11 is 6.06. The molecule has 0 saturated carbocycles. The Labute approximate surface area is 122 Å². The van der Waals surface area contributed by atoms with E-state index in [0.717, 1.165) is 10.9 Å². The zero-order valence-corrected chi connectivity index (χ0v) is 11.6. The maximum Gasteiger partial charge on any atom is 0.168 e. The molecule has 0 heterocycles. The lowest BCUT2D eigenvalue weighted by Crippen LogP contribution is -2.04. The fraction of sp³-hybridized carbons (Fsp3) is 0.0556. The van der Waals surface area contributed by atoms with Gasteiger partial charge in [0.05, 0.1) is 5.02 Å². The standard InChI is InChI=1S/C18H13ClO/c19-17-8-4-3-7-16(17)18(20)12-13-9-10-14-5-1-2-6-15(14)11-13/h1-11H,12H2. The van der Waals surface area contributed by atoms with Crippen LogP contribution in [-0.2, 0) is 6.42 Å². The molecule has 0 saturated heterocycles. The summed E-state index contributed by atoms with van der Waals surface area (Å²) in [4.78, 5) is 12.3. The van der Waals surface area contributed by atoms with E-state index in [1.807, 2.05) is 36.4 Å². The molecule has 0 bridgehead atoms. The van der Waals surface area contributed by atoms with Gasteiger partial charge in [-0.1, -0.05) is 66.2 Å². The highest BCUT2D eigenvalue weighted by atomic mass is 35.5. The molecule has 2 heteroatoms. The average Bonchev–Trinajstić information content (AvgIpc) is 2.47. The third kappa shape index (κ3) is 2.59. The van der Waals surface area contributed by atoms with Crippen molar-refractivity contribution in [2.75, 3.05) is 0 Å². The quantitative estimate of drug-likeness (QED) is 0.623. The molecule has 0 aromatic heterocycles. The molecule has 0 unspecified atom stereocenters. The van der Waals surface area contributed by atoms with E-state index in [9.17, 15) is 4.79 Å². The Bertz CT molecular complexity index is 777. The molecule has 98 valence electrons. The smallest absolute Gasteiger partial charge is 0.168 e. The summed E-state index contributed by atoms with van der Waals surface area (Å²) in [7, 11) is 0. The zero-order chi connectivity index (χ0) is 13.9. The van der Waals surface area contributed by atoms with Gasteiger partial charge in [-0.15, -0.1) is 0 Å². The van der Waals surface area contributed by atoms with E-state index in [0.29, 0.717) is 17.0 Å². The van der Waals surface area contributed by atoms with Gasteiger partial charge in [0, 0.05) is 12.0 Å². The monoisotopic (exact) mass is 280 g/mol. The third-order valence-corrected chi connectivity index (χ3v) is 3.68. The number of Topliss-reactive ketones (excluding diaryl/α,β-unsaturated/α-hetero) is 1. The Hall–Kier alpha value is -2.12. The van der Waals surface area contributed by atoms with E-state index in [2.05, 4.69) is 18.2 Å². The lowest BCUT2D eigenvalue weighted by Gasteiger charge is -2.05. The highest BCUT2D eigenvalue weighted by Gasteiger charge is 2.10. The molecule has 0 amide bonds. The molecule has 0 aliphatic heterocycles. The topological polar surface area (TPSA) is 17.1 Å². The summed E-state index contributed by atoms with van der Waals surface area (Å²) in [5.41, 5.74) is 1.59. The summed E-state index contributed by atoms with van der Waals surface area (Å²) in [6, 6.07) is 21.4. The predicted molar refractivity (Wildman–Crippen MR) is 83.4 cm³/mol. The fourth-order valence-electron chi connectivity index (χ4n) is 2.32. The van der Waals surface area contributed by atoms with E-state index in [-0.39, 0.29) is 5.78 Å². The summed E-state index contributed by atoms with van der Waals surface area (Å²) < 4.78 is 0. The van der Waals surface area contributed by atoms with Crippen molar-refractivity contribution in [2.24, 2.45) is 0 Å². The molecule has 3 rings (SSSR count). The van der Waals surface area contributed by atoms with Crippen molar-refractivity contribution in [1.29, 1.82) is 0 Å². The number of carbonyl (C=O) groups is 1. The number of rotatable bonds is 3. The van der Waals surface area contributed by atoms with Crippen LogP contribution in [0.1, 0.15) is 15.9 Å². The SMILES string of the molecule is O=C(Cc1ccc2ccccc2c1)c1ccccc1Cl. The van der Waals surface area contributed by atoms with Gasteiger partial charge in [0.2, 0.25) is 0 Å². The second-order valence-corrected chi connectivity index (χ2v) is 5.17. The molecular weight excluding hydrogens is 268 g/mol. The number of hydrogen-bond acceptors (Lipinski definition) is 1. The molecule has 3 aromatic carbocycles. The van der Waals surface area contributed by atoms with E-state index >= 15 is 0 Å². The second kappa shape index (κ2) is 5.48. The normalized spacial score (nSPS) is 10.7. The number of hydrogen-bond donors (Lipinski definition) is 0. The van der Waals surface area contributed by atoms with E-state index < -0.39 is 0 Å². The Morgan fingerprint density at radius 3 is 2.35 bits per heavy atom. The molecule has 3 aromatic rings. The number of ketones is 1. The molecule has 0 radical (unpaired) electrons. The molecule has 1 nitrogen and oxygen atoms in total. The molecule has 20 heavy (non-hydrogen) atoms. The number of carbonyl (C=O) groups excluding carboxylic acids is 1. The first-order chi connectivity index (χ1) is 9.74. The summed E-state index contributed by atoms with van der Waals surface area (Å²) in [6.07, 6.45) is 0.370. The van der Waals surface area contributed by atoms with Gasteiger partial charge in [-0.3, -0.25) is 4.79 Å². The van der Waals surface area contributed by atoms with Crippen molar-refractivity contribution in [1.82, 2.24) is 0 Å². The molecule has 0 N–H and O–H groups in total. The Balaban J connectivity index is 1.89. The van der Waals surface area contributed by atoms with Crippen molar-refractivity contribution >= 4 is 28.2 Å². The Morgan fingerprint density at radius 1 is 0.850 bits per heavy atom. The first-order valence-electron chi connectivity index (χ1n) is 6.49. The van der Waals surface area contributed by atoms with Crippen molar-refractivity contribution in [2.45, 2.75) is 6.42 Å². The van der Waals surface area contributed by atoms with Gasteiger partial charge in [-0.2, -0.15) is 0 Å². The van der Waals surface area contributed by atoms with Crippen molar-refractivity contribution in [3.05, 3.63) is 82.9 Å². The van der Waals surface area contributed by atoms with Gasteiger partial charge in [0.25, 0.3) is 0 Å². The highest BCUT2D eigenvalue weighted by Crippen LogP contribution is 2.20. The first kappa shape index (κ1) is 12.9. The van der Waals surface area contributed by atoms with Gasteiger partial charge in [0.15, 0.2) is 5.78 Å². The van der Waals surface area contributed by atoms with E-state index in [4.69, 9.17) is 11.6 Å². The average molecular weight is 281 g/mol. The lowest BCUT2D eigenvalue weighted by atomic mass is 10.0. The second-order valence-electron chi connectivity index (χ2n) is 4.76. The summed E-state index contributed by atoms with van der Waals surface area (Å²) in [5, 5.41) is 2.84. The van der Waals surface area contributed by atoms with Gasteiger partial charge in [-0.05, 0) is 28.5 Å². The van der Waals surface area contributed by atoms with Crippen LogP contribution in [0.5, 0.6) is 0 Å². The minimum Gasteiger partial charge on any atom is -0.294 e. The van der Waals surface area contributed by atoms with Crippen LogP contribution in [0, 0.1) is 0 Å². The lowest BCUT2D eigenvalue weighted by molar-refractivity contribution is 0.0993. The van der Waals surface area contributed by atoms with Crippen LogP contribution in [-0.4, -0.2) is 5.78 Å². The minimum absolute atomic E-state index is 0.0471. The zero-order valence-electron chi connectivity index (χ0n) is 10.8. The largest absolute Gasteiger partial charge is 0.294 e. The van der Waals surface area contributed by atoms with Gasteiger partial charge < -0.3 is 0 Å². The minimum atomic E-state index is 0.0471. The van der Waals surface area contributed by atoms with Crippen LogP contribution in [0.25, 0.3) is 10.8 Å². The predicted octanol–water partition coefficient (Wildman–Crippen LogP) is 4.92. The van der Waals surface area contributed by atoms with Crippen molar-refractivity contribution in [3.8, 4) is 0 Å². The fourth-order valence-corrected chi connectivity index (χ4v) is 2.56. The first-order valence-corrected chi connectivity index (χ1v) is 6.87. The molecule has 0 aliphatic carbocycles. The van der Waals surface area contributed by atoms with Gasteiger partial charge in [-0.25, -0.2) is 0 Å². The van der Waals surface area contributed by atoms with Crippen LogP contribution in [0.15, 0.2) is 66.7 Å². The molecule has 0 atom stereocenters. The van der Waals surface area contributed by atoms with E-state index in [1.165, 1.54) is 5.39 Å². The Kier molecular flexibility index (Phi) is 3.53. The maximum absolute atomic E-state index is 12.3. The van der Waals surface area contributed by atoms with Gasteiger partial charge >= 0.3 is 0 Å². The molecule has 0 aliphatic rings. The highest BCUT2D eigenvalue weighted by molar-refractivity contribution is 6.34. The van der Waals surface area contributed by atoms with Gasteiger partial charge in [0.1, 0.15) is 0 Å². The van der Waals surface area contributed by atoms with Crippen molar-refractivity contribution < 1.29 is 4.79 Å².